The van der Waals surface area contributed by atoms with Gasteiger partial charge < -0.3 is 10.2 Å². The van der Waals surface area contributed by atoms with Crippen molar-refractivity contribution in [2.45, 2.75) is 82.1 Å². The van der Waals surface area contributed by atoms with Crippen molar-refractivity contribution in [2.75, 3.05) is 10.8 Å². The Kier molecular flexibility index (Phi) is 11.2. The van der Waals surface area contributed by atoms with Gasteiger partial charge in [0.2, 0.25) is 11.8 Å². The number of amides is 2. The van der Waals surface area contributed by atoms with E-state index in [2.05, 4.69) is 5.32 Å². The molecule has 0 saturated heterocycles. The Balaban J connectivity index is 1.76. The van der Waals surface area contributed by atoms with E-state index in [9.17, 15) is 31.2 Å². The van der Waals surface area contributed by atoms with Gasteiger partial charge in [-0.15, -0.1) is 0 Å². The molecule has 0 aliphatic heterocycles. The Labute approximate surface area is 267 Å². The summed E-state index contributed by atoms with van der Waals surface area (Å²) in [7, 11) is -4.54. The van der Waals surface area contributed by atoms with Crippen LogP contribution in [-0.4, -0.2) is 43.8 Å². The first-order valence-corrected chi connectivity index (χ1v) is 16.7. The highest BCUT2D eigenvalue weighted by Crippen LogP contribution is 2.38. The van der Waals surface area contributed by atoms with Crippen LogP contribution in [0.25, 0.3) is 0 Å². The molecule has 242 valence electrons. The van der Waals surface area contributed by atoms with Crippen LogP contribution in [0.4, 0.5) is 18.9 Å². The van der Waals surface area contributed by atoms with E-state index in [1.165, 1.54) is 29.2 Å². The van der Waals surface area contributed by atoms with Crippen LogP contribution >= 0.6 is 11.6 Å². The van der Waals surface area contributed by atoms with Crippen LogP contribution in [0, 0.1) is 6.92 Å². The van der Waals surface area contributed by atoms with Crippen LogP contribution in [-0.2, 0) is 32.3 Å². The molecule has 1 fully saturated rings. The molecule has 1 saturated carbocycles. The molecule has 1 aliphatic carbocycles. The van der Waals surface area contributed by atoms with Gasteiger partial charge >= 0.3 is 6.18 Å². The molecule has 2 amide bonds. The summed E-state index contributed by atoms with van der Waals surface area (Å²) in [5.74, 6) is -1.10. The molecule has 0 spiro atoms. The van der Waals surface area contributed by atoms with E-state index in [4.69, 9.17) is 11.6 Å². The molecule has 0 unspecified atom stereocenters. The highest BCUT2D eigenvalue weighted by molar-refractivity contribution is 7.92. The predicted molar refractivity (Wildman–Crippen MR) is 168 cm³/mol. The van der Waals surface area contributed by atoms with Crippen molar-refractivity contribution in [1.29, 1.82) is 0 Å². The molecule has 0 heterocycles. The fraction of sp³-hybridized carbons (Fsp3) is 0.394. The Morgan fingerprint density at radius 1 is 0.978 bits per heavy atom. The van der Waals surface area contributed by atoms with Gasteiger partial charge in [-0.3, -0.25) is 13.9 Å². The van der Waals surface area contributed by atoms with E-state index in [-0.39, 0.29) is 35.5 Å². The minimum atomic E-state index is -4.87. The first kappa shape index (κ1) is 34.3. The van der Waals surface area contributed by atoms with Gasteiger partial charge in [0.1, 0.15) is 12.6 Å². The van der Waals surface area contributed by atoms with Gasteiger partial charge in [0.15, 0.2) is 0 Å². The number of carbonyl (C=O) groups excluding carboxylic acids is 2. The van der Waals surface area contributed by atoms with E-state index in [0.717, 1.165) is 55.4 Å². The number of halogens is 4. The van der Waals surface area contributed by atoms with Crippen LogP contribution in [0.1, 0.15) is 62.1 Å². The zero-order chi connectivity index (χ0) is 32.8. The van der Waals surface area contributed by atoms with Gasteiger partial charge in [0, 0.05) is 12.6 Å². The average molecular weight is 664 g/mol. The third-order valence-electron chi connectivity index (χ3n) is 7.93. The smallest absolute Gasteiger partial charge is 0.352 e. The number of benzene rings is 3. The Hall–Kier alpha value is -3.57. The summed E-state index contributed by atoms with van der Waals surface area (Å²) < 4.78 is 70.0. The molecule has 1 atom stereocenters. The van der Waals surface area contributed by atoms with Gasteiger partial charge in [-0.05, 0) is 62.1 Å². The summed E-state index contributed by atoms with van der Waals surface area (Å²) in [5, 5.41) is 2.46. The summed E-state index contributed by atoms with van der Waals surface area (Å²) in [4.78, 5) is 29.0. The van der Waals surface area contributed by atoms with Crippen LogP contribution < -0.4 is 9.62 Å². The average Bonchev–Trinajstić information content (AvgIpc) is 3.00. The Morgan fingerprint density at radius 3 is 2.29 bits per heavy atom. The van der Waals surface area contributed by atoms with Gasteiger partial charge in [-0.25, -0.2) is 8.42 Å². The van der Waals surface area contributed by atoms with Crippen molar-refractivity contribution in [3.63, 3.8) is 0 Å². The second-order valence-electron chi connectivity index (χ2n) is 11.3. The number of alkyl halides is 3. The lowest BCUT2D eigenvalue weighted by atomic mass is 9.95. The lowest BCUT2D eigenvalue weighted by molar-refractivity contribution is -0.140. The molecule has 1 N–H and O–H groups in total. The summed E-state index contributed by atoms with van der Waals surface area (Å²) in [6.45, 7) is 2.78. The van der Waals surface area contributed by atoms with Crippen molar-refractivity contribution < 1.29 is 31.2 Å². The van der Waals surface area contributed by atoms with Gasteiger partial charge in [0.05, 0.1) is 21.2 Å². The molecule has 3 aromatic carbocycles. The number of sulfonamides is 1. The highest BCUT2D eigenvalue weighted by Gasteiger charge is 2.37. The van der Waals surface area contributed by atoms with Crippen molar-refractivity contribution in [3.8, 4) is 0 Å². The molecule has 4 rings (SSSR count). The van der Waals surface area contributed by atoms with Crippen molar-refractivity contribution in [1.82, 2.24) is 10.2 Å². The van der Waals surface area contributed by atoms with E-state index in [1.54, 1.807) is 19.1 Å². The Morgan fingerprint density at radius 2 is 1.67 bits per heavy atom. The highest BCUT2D eigenvalue weighted by atomic mass is 35.5. The van der Waals surface area contributed by atoms with Gasteiger partial charge in [-0.1, -0.05) is 85.8 Å². The zero-order valence-electron chi connectivity index (χ0n) is 25.2. The lowest BCUT2D eigenvalue weighted by Gasteiger charge is -2.34. The fourth-order valence-electron chi connectivity index (χ4n) is 5.61. The third-order valence-corrected chi connectivity index (χ3v) is 10.0. The topological polar surface area (TPSA) is 86.8 Å². The van der Waals surface area contributed by atoms with Crippen LogP contribution in [0.2, 0.25) is 5.02 Å². The number of carbonyl (C=O) groups is 2. The second-order valence-corrected chi connectivity index (χ2v) is 13.5. The van der Waals surface area contributed by atoms with Crippen molar-refractivity contribution in [3.05, 3.63) is 94.5 Å². The minimum Gasteiger partial charge on any atom is -0.352 e. The van der Waals surface area contributed by atoms with E-state index >= 15 is 0 Å². The van der Waals surface area contributed by atoms with Gasteiger partial charge in [-0.2, -0.15) is 13.2 Å². The van der Waals surface area contributed by atoms with Crippen LogP contribution in [0.15, 0.2) is 77.7 Å². The summed E-state index contributed by atoms with van der Waals surface area (Å²) in [6, 6.07) is 16.2. The number of nitrogens with one attached hydrogen (secondary N) is 1. The molecule has 45 heavy (non-hydrogen) atoms. The number of anilines is 1. The predicted octanol–water partition coefficient (Wildman–Crippen LogP) is 7.12. The molecule has 1 aliphatic rings. The fourth-order valence-corrected chi connectivity index (χ4v) is 7.26. The number of aryl methyl sites for hydroxylation is 1. The molecule has 0 aromatic heterocycles. The number of hydrogen-bond donors (Lipinski definition) is 1. The number of rotatable bonds is 11. The largest absolute Gasteiger partial charge is 0.417 e. The molecule has 12 heteroatoms. The lowest BCUT2D eigenvalue weighted by Crippen LogP contribution is -2.54. The van der Waals surface area contributed by atoms with Crippen LogP contribution in [0.3, 0.4) is 0 Å². The van der Waals surface area contributed by atoms with Gasteiger partial charge in [0.25, 0.3) is 10.0 Å². The summed E-state index contributed by atoms with van der Waals surface area (Å²) in [5.41, 5.74) is 0.0146. The summed E-state index contributed by atoms with van der Waals surface area (Å²) in [6.07, 6.45) is 0.0854. The molecule has 0 radical (unpaired) electrons. The maximum absolute atomic E-state index is 14.2. The van der Waals surface area contributed by atoms with E-state index in [1.807, 2.05) is 25.1 Å². The van der Waals surface area contributed by atoms with Crippen molar-refractivity contribution in [2.24, 2.45) is 0 Å². The third kappa shape index (κ3) is 8.58. The normalized spacial score (nSPS) is 14.9. The quantitative estimate of drug-likeness (QED) is 0.237. The number of hydrogen-bond acceptors (Lipinski definition) is 4. The summed E-state index contributed by atoms with van der Waals surface area (Å²) >= 11 is 5.84. The molecule has 3 aromatic rings. The molecule has 0 bridgehead atoms. The maximum atomic E-state index is 14.2. The van der Waals surface area contributed by atoms with E-state index in [0.29, 0.717) is 10.4 Å². The standard InChI is InChI=1S/C33H37ClF3N3O4S/c1-3-30(32(42)38-25-13-6-4-7-14-25)39(21-24-12-10-11-23(2)19-24)31(41)22-40(45(43,44)27-15-8-5-9-16-27)26-17-18-29(34)28(20-26)33(35,36)37/h5,8-12,15-20,25,30H,3-4,6-7,13-14,21-22H2,1-2H3,(H,38,42)/t30-/m0/s1. The SMILES string of the molecule is CC[C@@H](C(=O)NC1CCCCC1)N(Cc1cccc(C)c1)C(=O)CN(c1ccc(Cl)c(C(F)(F)F)c1)S(=O)(=O)c1ccccc1. The number of nitrogens with zero attached hydrogens (tertiary/aromatic N) is 2. The zero-order valence-corrected chi connectivity index (χ0v) is 26.8. The monoisotopic (exact) mass is 663 g/mol. The minimum absolute atomic E-state index is 0.00918. The first-order valence-electron chi connectivity index (χ1n) is 14.9. The molecular formula is C33H37ClF3N3O4S. The molecule has 7 nitrogen and oxygen atoms in total. The first-order chi connectivity index (χ1) is 21.3. The van der Waals surface area contributed by atoms with E-state index < -0.39 is 45.3 Å². The van der Waals surface area contributed by atoms with Crippen LogP contribution in [0.5, 0.6) is 0 Å². The maximum Gasteiger partial charge on any atom is 0.417 e. The second kappa shape index (κ2) is 14.7. The Bertz CT molecular complexity index is 1600. The van der Waals surface area contributed by atoms with Crippen molar-refractivity contribution >= 4 is 39.1 Å². The molecular weight excluding hydrogens is 627 g/mol.